The molecule has 1 saturated carbocycles. The summed E-state index contributed by atoms with van der Waals surface area (Å²) in [6.45, 7) is 3.03. The molecule has 14 heavy (non-hydrogen) atoms. The maximum Gasteiger partial charge on any atom is 0.0586 e. The van der Waals surface area contributed by atoms with Crippen molar-refractivity contribution in [2.45, 2.75) is 50.1 Å². The minimum atomic E-state index is 0.239. The highest BCUT2D eigenvalue weighted by molar-refractivity contribution is 6.20. The van der Waals surface area contributed by atoms with Crippen molar-refractivity contribution in [2.24, 2.45) is 0 Å². The van der Waals surface area contributed by atoms with Crippen LogP contribution in [-0.2, 0) is 4.74 Å². The number of methoxy groups -OCH3 is 1. The molecule has 0 bridgehead atoms. The first-order valence-corrected chi connectivity index (χ1v) is 5.94. The zero-order valence-corrected chi connectivity index (χ0v) is 10.3. The van der Waals surface area contributed by atoms with Crippen LogP contribution in [0.15, 0.2) is 0 Å². The molecule has 1 aliphatic rings. The van der Waals surface area contributed by atoms with Crippen LogP contribution in [0.2, 0.25) is 0 Å². The van der Waals surface area contributed by atoms with E-state index in [1.807, 2.05) is 7.11 Å². The van der Waals surface area contributed by atoms with Gasteiger partial charge in [0.1, 0.15) is 0 Å². The van der Waals surface area contributed by atoms with E-state index < -0.39 is 0 Å². The second kappa shape index (κ2) is 5.94. The predicted octanol–water partition coefficient (Wildman–Crippen LogP) is 2.50. The van der Waals surface area contributed by atoms with E-state index in [0.717, 1.165) is 13.0 Å². The normalized spacial score (nSPS) is 30.6. The molecule has 0 saturated heterocycles. The fraction of sp³-hybridized carbons (Fsp3) is 1.00. The smallest absolute Gasteiger partial charge is 0.0586 e. The highest BCUT2D eigenvalue weighted by atomic mass is 35.5. The Labute approximate surface area is 92.6 Å². The molecule has 3 heteroatoms. The minimum Gasteiger partial charge on any atom is -0.381 e. The second-order valence-electron chi connectivity index (χ2n) is 4.40. The largest absolute Gasteiger partial charge is 0.381 e. The molecular weight excluding hydrogens is 198 g/mol. The number of ether oxygens (including phenoxy) is 1. The number of hydrogen-bond donors (Lipinski definition) is 0. The van der Waals surface area contributed by atoms with Crippen LogP contribution in [0, 0.1) is 0 Å². The third-order valence-corrected chi connectivity index (χ3v) is 3.23. The molecule has 0 radical (unpaired) electrons. The van der Waals surface area contributed by atoms with Gasteiger partial charge in [-0.25, -0.2) is 0 Å². The summed E-state index contributed by atoms with van der Waals surface area (Å²) in [5, 5.41) is 0.239. The van der Waals surface area contributed by atoms with Gasteiger partial charge < -0.3 is 9.64 Å². The number of alkyl halides is 1. The van der Waals surface area contributed by atoms with Crippen LogP contribution in [-0.4, -0.2) is 43.1 Å². The van der Waals surface area contributed by atoms with Crippen molar-refractivity contribution in [1.29, 1.82) is 0 Å². The van der Waals surface area contributed by atoms with Crippen molar-refractivity contribution < 1.29 is 4.74 Å². The summed E-state index contributed by atoms with van der Waals surface area (Å²) < 4.78 is 5.42. The van der Waals surface area contributed by atoms with Gasteiger partial charge in [-0.1, -0.05) is 0 Å². The third-order valence-electron chi connectivity index (χ3n) is 3.09. The molecule has 2 nitrogen and oxygen atoms in total. The zero-order chi connectivity index (χ0) is 10.6. The molecule has 0 N–H and O–H groups in total. The number of halogens is 1. The first-order valence-electron chi connectivity index (χ1n) is 5.50. The lowest BCUT2D eigenvalue weighted by Crippen LogP contribution is -2.40. The van der Waals surface area contributed by atoms with E-state index in [4.69, 9.17) is 16.3 Å². The Balaban J connectivity index is 2.35. The second-order valence-corrected chi connectivity index (χ2v) is 5.14. The van der Waals surface area contributed by atoms with Crippen molar-refractivity contribution in [1.82, 2.24) is 4.90 Å². The Bertz CT molecular complexity index is 163. The minimum absolute atomic E-state index is 0.239. The van der Waals surface area contributed by atoms with Crippen molar-refractivity contribution >= 4 is 11.6 Å². The molecule has 1 fully saturated rings. The number of hydrogen-bond acceptors (Lipinski definition) is 2. The fourth-order valence-corrected chi connectivity index (χ4v) is 2.50. The quantitative estimate of drug-likeness (QED) is 0.674. The monoisotopic (exact) mass is 219 g/mol. The summed E-state index contributed by atoms with van der Waals surface area (Å²) in [5.41, 5.74) is 0. The van der Waals surface area contributed by atoms with Gasteiger partial charge in [-0.2, -0.15) is 0 Å². The lowest BCUT2D eigenvalue weighted by molar-refractivity contribution is 0.0349. The van der Waals surface area contributed by atoms with E-state index in [9.17, 15) is 0 Å². The Hall–Kier alpha value is 0.210. The summed E-state index contributed by atoms with van der Waals surface area (Å²) in [5.74, 6) is 0. The Kier molecular flexibility index (Phi) is 5.21. The Morgan fingerprint density at radius 2 is 2.21 bits per heavy atom. The molecule has 1 aliphatic carbocycles. The van der Waals surface area contributed by atoms with Gasteiger partial charge in [-0.05, 0) is 39.7 Å². The molecule has 0 aliphatic heterocycles. The predicted molar refractivity (Wildman–Crippen MR) is 61.0 cm³/mol. The first-order chi connectivity index (χ1) is 6.63. The van der Waals surface area contributed by atoms with Gasteiger partial charge in [-0.3, -0.25) is 0 Å². The maximum atomic E-state index is 5.99. The highest BCUT2D eigenvalue weighted by Crippen LogP contribution is 2.24. The van der Waals surface area contributed by atoms with Gasteiger partial charge in [0.2, 0.25) is 0 Å². The molecule has 0 heterocycles. The van der Waals surface area contributed by atoms with E-state index in [1.54, 1.807) is 0 Å². The summed E-state index contributed by atoms with van der Waals surface area (Å²) in [6.07, 6.45) is 5.42. The van der Waals surface area contributed by atoms with Crippen LogP contribution in [0.1, 0.15) is 32.6 Å². The van der Waals surface area contributed by atoms with Gasteiger partial charge in [-0.15, -0.1) is 11.6 Å². The van der Waals surface area contributed by atoms with Crippen LogP contribution in [0.5, 0.6) is 0 Å². The van der Waals surface area contributed by atoms with E-state index in [0.29, 0.717) is 12.1 Å². The van der Waals surface area contributed by atoms with Gasteiger partial charge in [0.05, 0.1) is 6.10 Å². The molecule has 0 amide bonds. The molecule has 3 atom stereocenters. The van der Waals surface area contributed by atoms with Gasteiger partial charge in [0.25, 0.3) is 0 Å². The fourth-order valence-electron chi connectivity index (χ4n) is 2.28. The molecule has 1 rings (SSSR count). The summed E-state index contributed by atoms with van der Waals surface area (Å²) in [7, 11) is 3.98. The summed E-state index contributed by atoms with van der Waals surface area (Å²) >= 11 is 5.99. The van der Waals surface area contributed by atoms with Crippen LogP contribution >= 0.6 is 11.6 Å². The van der Waals surface area contributed by atoms with Crippen LogP contribution in [0.25, 0.3) is 0 Å². The highest BCUT2D eigenvalue weighted by Gasteiger charge is 2.24. The van der Waals surface area contributed by atoms with Gasteiger partial charge in [0, 0.05) is 25.1 Å². The average Bonchev–Trinajstić information content (AvgIpc) is 2.17. The standard InChI is InChI=1S/C11H22ClNO/c1-9(12)8-13(2)10-5-4-6-11(7-10)14-3/h9-11H,4-8H2,1-3H3. The molecule has 3 unspecified atom stereocenters. The van der Waals surface area contributed by atoms with Gasteiger partial charge >= 0.3 is 0 Å². The van der Waals surface area contributed by atoms with Crippen molar-refractivity contribution in [2.75, 3.05) is 20.7 Å². The van der Waals surface area contributed by atoms with Crippen LogP contribution in [0.4, 0.5) is 0 Å². The lowest BCUT2D eigenvalue weighted by Gasteiger charge is -2.35. The van der Waals surface area contributed by atoms with E-state index in [-0.39, 0.29) is 5.38 Å². The molecule has 0 aromatic rings. The number of nitrogens with zero attached hydrogens (tertiary/aromatic N) is 1. The maximum absolute atomic E-state index is 5.99. The molecule has 0 aromatic carbocycles. The molecule has 84 valence electrons. The molecular formula is C11H22ClNO. The number of rotatable bonds is 4. The van der Waals surface area contributed by atoms with Crippen molar-refractivity contribution in [3.63, 3.8) is 0 Å². The van der Waals surface area contributed by atoms with Crippen molar-refractivity contribution in [3.8, 4) is 0 Å². The lowest BCUT2D eigenvalue weighted by atomic mass is 9.92. The Morgan fingerprint density at radius 3 is 2.79 bits per heavy atom. The van der Waals surface area contributed by atoms with Crippen LogP contribution < -0.4 is 0 Å². The van der Waals surface area contributed by atoms with Crippen LogP contribution in [0.3, 0.4) is 0 Å². The first kappa shape index (κ1) is 12.3. The van der Waals surface area contributed by atoms with Gasteiger partial charge in [0.15, 0.2) is 0 Å². The molecule has 0 aromatic heterocycles. The van der Waals surface area contributed by atoms with E-state index in [1.165, 1.54) is 19.3 Å². The summed E-state index contributed by atoms with van der Waals surface area (Å²) in [4.78, 5) is 2.38. The third kappa shape index (κ3) is 3.76. The Morgan fingerprint density at radius 1 is 1.50 bits per heavy atom. The van der Waals surface area contributed by atoms with Crippen molar-refractivity contribution in [3.05, 3.63) is 0 Å². The van der Waals surface area contributed by atoms with E-state index in [2.05, 4.69) is 18.9 Å². The molecule has 0 spiro atoms. The average molecular weight is 220 g/mol. The SMILES string of the molecule is COC1CCCC(N(C)CC(C)Cl)C1. The van der Waals surface area contributed by atoms with E-state index >= 15 is 0 Å². The zero-order valence-electron chi connectivity index (χ0n) is 9.50. The summed E-state index contributed by atoms with van der Waals surface area (Å²) in [6, 6.07) is 0.662. The topological polar surface area (TPSA) is 12.5 Å².